The van der Waals surface area contributed by atoms with Crippen LogP contribution in [-0.2, 0) is 28.4 Å². The van der Waals surface area contributed by atoms with Gasteiger partial charge in [-0.25, -0.2) is 0 Å². The maximum atomic E-state index is 12.9. The number of rotatable bonds is 3. The van der Waals surface area contributed by atoms with Crippen LogP contribution in [0.4, 0.5) is 0 Å². The van der Waals surface area contributed by atoms with E-state index in [1.807, 2.05) is 11.3 Å². The molecule has 3 atom stereocenters. The van der Waals surface area contributed by atoms with Crippen LogP contribution in [0.2, 0.25) is 0 Å². The minimum atomic E-state index is -0.389. The summed E-state index contributed by atoms with van der Waals surface area (Å²) in [6.45, 7) is 11.3. The summed E-state index contributed by atoms with van der Waals surface area (Å²) in [6, 6.07) is 4.97. The van der Waals surface area contributed by atoms with Gasteiger partial charge < -0.3 is 4.74 Å². The number of fused-ring (bicyclic) bond motifs is 3. The number of aryl methyl sites for hydroxylation is 2. The van der Waals surface area contributed by atoms with E-state index in [0.717, 1.165) is 32.1 Å². The third kappa shape index (κ3) is 3.05. The summed E-state index contributed by atoms with van der Waals surface area (Å²) in [7, 11) is 3.71. The second-order valence-electron chi connectivity index (χ2n) is 10.2. The summed E-state index contributed by atoms with van der Waals surface area (Å²) in [5, 5.41) is 3.61. The van der Waals surface area contributed by atoms with E-state index < -0.39 is 0 Å². The SMILES string of the molecule is COC(=O)[C@]1(C)CCC[C@]2(C)c3cc(-c4csc(C)[n+]4C)c(C(C)C)cc3CC[C@@H]12. The lowest BCUT2D eigenvalue weighted by Crippen LogP contribution is -2.52. The lowest BCUT2D eigenvalue weighted by Gasteiger charge is -2.54. The molecular formula is C26H36NO2S+. The number of carbonyl (C=O) groups excluding carboxylic acids is 1. The molecule has 0 bridgehead atoms. The predicted molar refractivity (Wildman–Crippen MR) is 123 cm³/mol. The number of methoxy groups -OCH3 is 1. The van der Waals surface area contributed by atoms with Crippen LogP contribution in [0.25, 0.3) is 11.3 Å². The van der Waals surface area contributed by atoms with E-state index in [9.17, 15) is 4.79 Å². The fourth-order valence-electron chi connectivity index (χ4n) is 6.43. The van der Waals surface area contributed by atoms with E-state index in [2.05, 4.69) is 63.7 Å². The lowest BCUT2D eigenvalue weighted by molar-refractivity contribution is -0.661. The van der Waals surface area contributed by atoms with Crippen LogP contribution in [0.5, 0.6) is 0 Å². The average molecular weight is 427 g/mol. The first-order valence-corrected chi connectivity index (χ1v) is 12.2. The molecule has 0 aliphatic heterocycles. The topological polar surface area (TPSA) is 30.2 Å². The van der Waals surface area contributed by atoms with Crippen molar-refractivity contribution in [3.05, 3.63) is 39.2 Å². The zero-order valence-corrected chi connectivity index (χ0v) is 20.4. The minimum Gasteiger partial charge on any atom is -0.469 e. The van der Waals surface area contributed by atoms with E-state index >= 15 is 0 Å². The van der Waals surface area contributed by atoms with Crippen molar-refractivity contribution < 1.29 is 14.1 Å². The number of thiazole rings is 1. The van der Waals surface area contributed by atoms with Gasteiger partial charge in [0.05, 0.1) is 23.5 Å². The van der Waals surface area contributed by atoms with Crippen molar-refractivity contribution in [2.45, 2.75) is 78.1 Å². The minimum absolute atomic E-state index is 0.0165. The largest absolute Gasteiger partial charge is 0.469 e. The molecule has 1 fully saturated rings. The summed E-state index contributed by atoms with van der Waals surface area (Å²) in [5.41, 5.74) is 6.70. The van der Waals surface area contributed by atoms with E-state index in [1.165, 1.54) is 33.0 Å². The highest BCUT2D eigenvalue weighted by molar-refractivity contribution is 7.09. The molecule has 1 saturated carbocycles. The Balaban J connectivity index is 1.91. The van der Waals surface area contributed by atoms with Gasteiger partial charge in [-0.2, -0.15) is 4.57 Å². The summed E-state index contributed by atoms with van der Waals surface area (Å²) >= 11 is 1.81. The number of esters is 1. The van der Waals surface area contributed by atoms with Crippen molar-refractivity contribution in [2.24, 2.45) is 18.4 Å². The number of benzene rings is 1. The molecule has 0 radical (unpaired) electrons. The number of ether oxygens (including phenoxy) is 1. The van der Waals surface area contributed by atoms with Crippen LogP contribution in [-0.4, -0.2) is 13.1 Å². The number of carbonyl (C=O) groups is 1. The third-order valence-corrected chi connectivity index (χ3v) is 9.20. The number of aromatic nitrogens is 1. The van der Waals surface area contributed by atoms with Gasteiger partial charge in [0.1, 0.15) is 7.05 Å². The van der Waals surface area contributed by atoms with Crippen LogP contribution >= 0.6 is 11.3 Å². The second kappa shape index (κ2) is 7.47. The molecule has 2 aliphatic carbocycles. The first-order valence-electron chi connectivity index (χ1n) is 11.3. The highest BCUT2D eigenvalue weighted by Crippen LogP contribution is 2.58. The molecule has 30 heavy (non-hydrogen) atoms. The van der Waals surface area contributed by atoms with Gasteiger partial charge in [0, 0.05) is 6.92 Å². The van der Waals surface area contributed by atoms with Crippen molar-refractivity contribution in [3.8, 4) is 11.3 Å². The average Bonchev–Trinajstić information content (AvgIpc) is 3.04. The van der Waals surface area contributed by atoms with Gasteiger partial charge in [0.25, 0.3) is 0 Å². The van der Waals surface area contributed by atoms with Crippen molar-refractivity contribution >= 4 is 17.3 Å². The van der Waals surface area contributed by atoms with Crippen LogP contribution in [0.15, 0.2) is 17.5 Å². The van der Waals surface area contributed by atoms with Gasteiger partial charge >= 0.3 is 5.97 Å². The Morgan fingerprint density at radius 1 is 1.27 bits per heavy atom. The monoisotopic (exact) mass is 426 g/mol. The van der Waals surface area contributed by atoms with Crippen LogP contribution in [0.3, 0.4) is 0 Å². The van der Waals surface area contributed by atoms with Gasteiger partial charge in [-0.05, 0) is 72.6 Å². The summed E-state index contributed by atoms with van der Waals surface area (Å²) in [4.78, 5) is 12.9. The molecule has 0 amide bonds. The number of hydrogen-bond acceptors (Lipinski definition) is 3. The molecule has 4 heteroatoms. The van der Waals surface area contributed by atoms with Crippen molar-refractivity contribution in [1.82, 2.24) is 0 Å². The Hall–Kier alpha value is -1.68. The second-order valence-corrected chi connectivity index (χ2v) is 11.3. The highest BCUT2D eigenvalue weighted by Gasteiger charge is 2.55. The van der Waals surface area contributed by atoms with Gasteiger partial charge in [0.15, 0.2) is 0 Å². The zero-order valence-electron chi connectivity index (χ0n) is 19.6. The predicted octanol–water partition coefficient (Wildman–Crippen LogP) is 5.85. The third-order valence-electron chi connectivity index (χ3n) is 8.25. The first-order chi connectivity index (χ1) is 14.1. The van der Waals surface area contributed by atoms with E-state index in [-0.39, 0.29) is 16.8 Å². The Bertz CT molecular complexity index is 991. The van der Waals surface area contributed by atoms with Crippen LogP contribution < -0.4 is 4.57 Å². The molecule has 0 unspecified atom stereocenters. The van der Waals surface area contributed by atoms with Crippen molar-refractivity contribution in [3.63, 3.8) is 0 Å². The molecule has 2 aliphatic rings. The fraction of sp³-hybridized carbons (Fsp3) is 0.615. The quantitative estimate of drug-likeness (QED) is 0.455. The fourth-order valence-corrected chi connectivity index (χ4v) is 7.25. The van der Waals surface area contributed by atoms with E-state index in [4.69, 9.17) is 4.74 Å². The molecule has 4 rings (SSSR count). The van der Waals surface area contributed by atoms with E-state index in [1.54, 1.807) is 7.11 Å². The van der Waals surface area contributed by atoms with Crippen LogP contribution in [0, 0.1) is 18.3 Å². The maximum absolute atomic E-state index is 12.9. The molecule has 0 spiro atoms. The van der Waals surface area contributed by atoms with Gasteiger partial charge in [-0.1, -0.05) is 44.6 Å². The highest BCUT2D eigenvalue weighted by atomic mass is 32.1. The Morgan fingerprint density at radius 3 is 2.60 bits per heavy atom. The van der Waals surface area contributed by atoms with Crippen molar-refractivity contribution in [2.75, 3.05) is 7.11 Å². The Labute approximate surface area is 185 Å². The summed E-state index contributed by atoms with van der Waals surface area (Å²) in [5.74, 6) is 0.776. The van der Waals surface area contributed by atoms with E-state index in [0.29, 0.717) is 11.8 Å². The molecule has 3 nitrogen and oxygen atoms in total. The smallest absolute Gasteiger partial charge is 0.311 e. The first kappa shape index (κ1) is 21.5. The van der Waals surface area contributed by atoms with Gasteiger partial charge in [0.2, 0.25) is 10.7 Å². The zero-order chi connectivity index (χ0) is 21.8. The molecule has 1 heterocycles. The number of nitrogens with zero attached hydrogens (tertiary/aromatic N) is 1. The molecule has 1 aromatic heterocycles. The lowest BCUT2D eigenvalue weighted by atomic mass is 9.49. The molecule has 1 aromatic carbocycles. The summed E-state index contributed by atoms with van der Waals surface area (Å²) in [6.07, 6.45) is 5.27. The summed E-state index contributed by atoms with van der Waals surface area (Å²) < 4.78 is 7.62. The molecular weight excluding hydrogens is 390 g/mol. The Kier molecular flexibility index (Phi) is 5.37. The maximum Gasteiger partial charge on any atom is 0.311 e. The number of hydrogen-bond donors (Lipinski definition) is 0. The normalized spacial score (nSPS) is 28.2. The standard InChI is InChI=1S/C26H36NO2S/c1-16(2)19-13-18-9-10-23-25(4,11-8-12-26(23,5)24(28)29-7)21(18)14-20(19)22-15-30-17(3)27(22)6/h13-16,23H,8-12H2,1-7H3/q+1/t23-,25-,26-/m1/s1. The molecule has 2 aromatic rings. The van der Waals surface area contributed by atoms with Gasteiger partial charge in [-0.3, -0.25) is 4.79 Å². The molecule has 0 N–H and O–H groups in total. The van der Waals surface area contributed by atoms with Crippen LogP contribution in [0.1, 0.15) is 81.0 Å². The molecule has 162 valence electrons. The van der Waals surface area contributed by atoms with Crippen molar-refractivity contribution in [1.29, 1.82) is 0 Å². The van der Waals surface area contributed by atoms with Gasteiger partial charge in [-0.15, -0.1) is 0 Å². The molecule has 0 saturated heterocycles. The Morgan fingerprint density at radius 2 is 2.00 bits per heavy atom.